The Balaban J connectivity index is 2.05. The fourth-order valence-corrected chi connectivity index (χ4v) is 2.20. The number of rotatable bonds is 4. The molecule has 0 saturated heterocycles. The zero-order valence-electron chi connectivity index (χ0n) is 12.1. The first-order valence-electron chi connectivity index (χ1n) is 6.73. The number of carbonyl (C=O) groups is 1. The van der Waals surface area contributed by atoms with Gasteiger partial charge in [0, 0.05) is 24.7 Å². The lowest BCUT2D eigenvalue weighted by molar-refractivity contribution is 0.0699. The van der Waals surface area contributed by atoms with Crippen LogP contribution in [0.3, 0.4) is 0 Å². The van der Waals surface area contributed by atoms with Crippen LogP contribution in [0, 0.1) is 5.82 Å². The summed E-state index contributed by atoms with van der Waals surface area (Å²) in [5.74, 6) is -1.28. The van der Waals surface area contributed by atoms with Crippen molar-refractivity contribution in [2.45, 2.75) is 0 Å². The number of halogens is 1. The summed E-state index contributed by atoms with van der Waals surface area (Å²) in [4.78, 5) is 19.2. The fourth-order valence-electron chi connectivity index (χ4n) is 2.20. The lowest BCUT2D eigenvalue weighted by atomic mass is 10.0. The van der Waals surface area contributed by atoms with Crippen molar-refractivity contribution >= 4 is 22.7 Å². The molecule has 3 rings (SSSR count). The topological polar surface area (TPSA) is 84.3 Å². The number of hydrogen-bond donors (Lipinski definition) is 2. The summed E-state index contributed by atoms with van der Waals surface area (Å²) in [5.41, 5.74) is 0.0347. The van der Waals surface area contributed by atoms with E-state index < -0.39 is 11.8 Å². The van der Waals surface area contributed by atoms with E-state index in [0.29, 0.717) is 11.3 Å². The number of nitrogens with one attached hydrogen (secondary N) is 1. The van der Waals surface area contributed by atoms with E-state index in [0.717, 1.165) is 0 Å². The second-order valence-electron chi connectivity index (χ2n) is 4.65. The van der Waals surface area contributed by atoms with Gasteiger partial charge < -0.3 is 15.2 Å². The quantitative estimate of drug-likeness (QED) is 0.769. The largest absolute Gasteiger partial charge is 0.478 e. The van der Waals surface area contributed by atoms with Gasteiger partial charge in [-0.2, -0.15) is 4.98 Å². The van der Waals surface area contributed by atoms with Crippen molar-refractivity contribution in [1.82, 2.24) is 9.97 Å². The SMILES string of the molecule is CNc1nccc(Oc2ccc3c(C(=O)O)cccc3c2F)n1. The lowest BCUT2D eigenvalue weighted by Crippen LogP contribution is -2.00. The van der Waals surface area contributed by atoms with Gasteiger partial charge in [0.25, 0.3) is 0 Å². The van der Waals surface area contributed by atoms with Gasteiger partial charge in [-0.25, -0.2) is 14.2 Å². The summed E-state index contributed by atoms with van der Waals surface area (Å²) >= 11 is 0. The summed E-state index contributed by atoms with van der Waals surface area (Å²) in [6.07, 6.45) is 1.48. The number of hydrogen-bond acceptors (Lipinski definition) is 5. The highest BCUT2D eigenvalue weighted by Gasteiger charge is 2.15. The van der Waals surface area contributed by atoms with Gasteiger partial charge in [-0.15, -0.1) is 0 Å². The van der Waals surface area contributed by atoms with Gasteiger partial charge in [-0.1, -0.05) is 12.1 Å². The molecule has 0 atom stereocenters. The first-order valence-corrected chi connectivity index (χ1v) is 6.73. The Bertz CT molecular complexity index is 899. The first kappa shape index (κ1) is 14.7. The minimum Gasteiger partial charge on any atom is -0.478 e. The molecule has 0 bridgehead atoms. The summed E-state index contributed by atoms with van der Waals surface area (Å²) in [7, 11) is 1.66. The first-order chi connectivity index (χ1) is 11.1. The molecular formula is C16H12FN3O3. The van der Waals surface area contributed by atoms with Gasteiger partial charge in [0.05, 0.1) is 5.56 Å². The van der Waals surface area contributed by atoms with E-state index in [1.165, 1.54) is 42.6 Å². The van der Waals surface area contributed by atoms with Crippen LogP contribution < -0.4 is 10.1 Å². The second kappa shape index (κ2) is 5.88. The molecule has 2 aromatic carbocycles. The van der Waals surface area contributed by atoms with Crippen LogP contribution in [0.2, 0.25) is 0 Å². The molecule has 2 N–H and O–H groups in total. The third kappa shape index (κ3) is 2.76. The average molecular weight is 313 g/mol. The summed E-state index contributed by atoms with van der Waals surface area (Å²) < 4.78 is 20.1. The molecular weight excluding hydrogens is 301 g/mol. The number of carboxylic acid groups (broad SMARTS) is 1. The molecule has 23 heavy (non-hydrogen) atoms. The number of anilines is 1. The van der Waals surface area contributed by atoms with Crippen LogP contribution in [0.1, 0.15) is 10.4 Å². The number of aromatic carboxylic acids is 1. The Morgan fingerprint density at radius 2 is 2.04 bits per heavy atom. The van der Waals surface area contributed by atoms with Crippen molar-refractivity contribution in [1.29, 1.82) is 0 Å². The zero-order valence-corrected chi connectivity index (χ0v) is 12.1. The smallest absolute Gasteiger partial charge is 0.336 e. The van der Waals surface area contributed by atoms with Gasteiger partial charge in [-0.3, -0.25) is 0 Å². The number of fused-ring (bicyclic) bond motifs is 1. The van der Waals surface area contributed by atoms with Crippen LogP contribution in [0.15, 0.2) is 42.6 Å². The maximum absolute atomic E-state index is 14.6. The van der Waals surface area contributed by atoms with Crippen LogP contribution in [-0.4, -0.2) is 28.1 Å². The molecule has 0 radical (unpaired) electrons. The Morgan fingerprint density at radius 3 is 2.78 bits per heavy atom. The number of carboxylic acids is 1. The van der Waals surface area contributed by atoms with Crippen LogP contribution >= 0.6 is 0 Å². The zero-order chi connectivity index (χ0) is 16.4. The molecule has 1 heterocycles. The minimum atomic E-state index is -1.11. The lowest BCUT2D eigenvalue weighted by Gasteiger charge is -2.10. The molecule has 3 aromatic rings. The molecule has 0 unspecified atom stereocenters. The third-order valence-corrected chi connectivity index (χ3v) is 3.26. The molecule has 0 spiro atoms. The van der Waals surface area contributed by atoms with Gasteiger partial charge in [0.1, 0.15) is 0 Å². The number of ether oxygens (including phenoxy) is 1. The Morgan fingerprint density at radius 1 is 1.22 bits per heavy atom. The molecule has 0 aliphatic heterocycles. The second-order valence-corrected chi connectivity index (χ2v) is 4.65. The minimum absolute atomic E-state index is 0.0347. The van der Waals surface area contributed by atoms with E-state index in [-0.39, 0.29) is 22.6 Å². The number of benzene rings is 2. The molecule has 0 saturated carbocycles. The predicted octanol–water partition coefficient (Wildman–Crippen LogP) is 3.30. The summed E-state index contributed by atoms with van der Waals surface area (Å²) in [6, 6.07) is 8.81. The maximum Gasteiger partial charge on any atom is 0.336 e. The van der Waals surface area contributed by atoms with Crippen LogP contribution in [-0.2, 0) is 0 Å². The average Bonchev–Trinajstić information content (AvgIpc) is 2.57. The Hall–Kier alpha value is -3.22. The molecule has 116 valence electrons. The molecule has 0 amide bonds. The highest BCUT2D eigenvalue weighted by atomic mass is 19.1. The molecule has 0 aliphatic carbocycles. The van der Waals surface area contributed by atoms with Gasteiger partial charge in [0.15, 0.2) is 11.6 Å². The van der Waals surface area contributed by atoms with Gasteiger partial charge >= 0.3 is 5.97 Å². The highest BCUT2D eigenvalue weighted by molar-refractivity contribution is 6.04. The Kier molecular flexibility index (Phi) is 3.76. The normalized spacial score (nSPS) is 10.5. The van der Waals surface area contributed by atoms with E-state index in [4.69, 9.17) is 9.84 Å². The molecule has 0 aliphatic rings. The monoisotopic (exact) mass is 313 g/mol. The number of nitrogens with zero attached hydrogens (tertiary/aromatic N) is 2. The summed E-state index contributed by atoms with van der Waals surface area (Å²) in [6.45, 7) is 0. The number of aromatic nitrogens is 2. The van der Waals surface area contributed by atoms with Crippen LogP contribution in [0.25, 0.3) is 10.8 Å². The van der Waals surface area contributed by atoms with E-state index in [9.17, 15) is 9.18 Å². The highest BCUT2D eigenvalue weighted by Crippen LogP contribution is 2.31. The molecule has 6 nitrogen and oxygen atoms in total. The summed E-state index contributed by atoms with van der Waals surface area (Å²) in [5, 5.41) is 12.4. The van der Waals surface area contributed by atoms with Gasteiger partial charge in [-0.05, 0) is 23.6 Å². The van der Waals surface area contributed by atoms with Crippen molar-refractivity contribution in [3.8, 4) is 11.6 Å². The maximum atomic E-state index is 14.6. The van der Waals surface area contributed by atoms with Gasteiger partial charge in [0.2, 0.25) is 11.8 Å². The van der Waals surface area contributed by atoms with E-state index in [1.807, 2.05) is 0 Å². The Labute approximate surface area is 130 Å². The van der Waals surface area contributed by atoms with E-state index in [2.05, 4.69) is 15.3 Å². The standard InChI is InChI=1S/C16H12FN3O3/c1-18-16-19-8-7-13(20-16)23-12-6-5-9-10(14(12)17)3-2-4-11(9)15(21)22/h2-8H,1H3,(H,21,22)(H,18,19,20). The van der Waals surface area contributed by atoms with E-state index in [1.54, 1.807) is 7.05 Å². The molecule has 0 fully saturated rings. The van der Waals surface area contributed by atoms with E-state index >= 15 is 0 Å². The van der Waals surface area contributed by atoms with Crippen molar-refractivity contribution in [2.75, 3.05) is 12.4 Å². The predicted molar refractivity (Wildman–Crippen MR) is 82.5 cm³/mol. The fraction of sp³-hybridized carbons (Fsp3) is 0.0625. The molecule has 7 heteroatoms. The third-order valence-electron chi connectivity index (χ3n) is 3.26. The van der Waals surface area contributed by atoms with Crippen molar-refractivity contribution in [3.05, 3.63) is 54.0 Å². The van der Waals surface area contributed by atoms with Crippen LogP contribution in [0.4, 0.5) is 10.3 Å². The molecule has 1 aromatic heterocycles. The van der Waals surface area contributed by atoms with Crippen molar-refractivity contribution in [2.24, 2.45) is 0 Å². The van der Waals surface area contributed by atoms with Crippen LogP contribution in [0.5, 0.6) is 11.6 Å². The van der Waals surface area contributed by atoms with Crippen molar-refractivity contribution in [3.63, 3.8) is 0 Å². The van der Waals surface area contributed by atoms with Crippen molar-refractivity contribution < 1.29 is 19.0 Å².